The quantitative estimate of drug-likeness (QED) is 0.591. The van der Waals surface area contributed by atoms with Crippen molar-refractivity contribution in [1.29, 1.82) is 0 Å². The molecule has 1 rings (SSSR count). The summed E-state index contributed by atoms with van der Waals surface area (Å²) >= 11 is 3.26. The first-order chi connectivity index (χ1) is 8.40. The maximum absolute atomic E-state index is 11.0. The molecule has 0 aliphatic heterocycles. The smallest absolute Gasteiger partial charge is 0.0718 e. The molecule has 0 aliphatic rings. The monoisotopic (exact) mass is 308 g/mol. The van der Waals surface area contributed by atoms with Crippen LogP contribution in [-0.2, 0) is 9.59 Å². The van der Waals surface area contributed by atoms with Crippen LogP contribution in [0.1, 0.15) is 12.5 Å². The average molecular weight is 309 g/mol. The topological polar surface area (TPSA) is 80.3 Å². The molecule has 0 amide bonds. The second-order valence-corrected chi connectivity index (χ2v) is 4.46. The SMILES string of the molecule is CC(=C\C(=O)[O-])/C(=C\c1ccc(Br)cc1)C(=O)[O-]. The van der Waals surface area contributed by atoms with Crippen molar-refractivity contribution in [2.45, 2.75) is 6.92 Å². The molecular weight excluding hydrogens is 300 g/mol. The minimum atomic E-state index is -1.45. The third-order valence-corrected chi connectivity index (χ3v) is 2.69. The summed E-state index contributed by atoms with van der Waals surface area (Å²) in [7, 11) is 0. The zero-order valence-electron chi connectivity index (χ0n) is 9.48. The molecule has 0 unspecified atom stereocenters. The molecule has 0 aromatic heterocycles. The van der Waals surface area contributed by atoms with Crippen molar-refractivity contribution in [1.82, 2.24) is 0 Å². The highest BCUT2D eigenvalue weighted by molar-refractivity contribution is 9.10. The Hall–Kier alpha value is -1.88. The van der Waals surface area contributed by atoms with Crippen molar-refractivity contribution in [3.8, 4) is 0 Å². The van der Waals surface area contributed by atoms with E-state index >= 15 is 0 Å². The largest absolute Gasteiger partial charge is 0.545 e. The number of carboxylic acids is 2. The minimum Gasteiger partial charge on any atom is -0.545 e. The molecule has 0 fully saturated rings. The first-order valence-corrected chi connectivity index (χ1v) is 5.77. The van der Waals surface area contributed by atoms with Gasteiger partial charge in [-0.15, -0.1) is 0 Å². The van der Waals surface area contributed by atoms with Crippen LogP contribution in [0.3, 0.4) is 0 Å². The van der Waals surface area contributed by atoms with Gasteiger partial charge in [-0.25, -0.2) is 0 Å². The molecule has 1 aromatic rings. The lowest BCUT2D eigenvalue weighted by molar-refractivity contribution is -0.298. The van der Waals surface area contributed by atoms with E-state index in [2.05, 4.69) is 15.9 Å². The Bertz CT molecular complexity index is 526. The van der Waals surface area contributed by atoms with E-state index in [0.29, 0.717) is 5.56 Å². The van der Waals surface area contributed by atoms with Crippen molar-refractivity contribution < 1.29 is 19.8 Å². The average Bonchev–Trinajstić information content (AvgIpc) is 2.26. The lowest BCUT2D eigenvalue weighted by atomic mass is 10.0. The number of carboxylic acid groups (broad SMARTS) is 2. The number of hydrogen-bond acceptors (Lipinski definition) is 4. The first kappa shape index (κ1) is 14.2. The summed E-state index contributed by atoms with van der Waals surface area (Å²) < 4.78 is 0.858. The number of carbonyl (C=O) groups excluding carboxylic acids is 2. The van der Waals surface area contributed by atoms with Gasteiger partial charge in [0.1, 0.15) is 0 Å². The third kappa shape index (κ3) is 4.18. The highest BCUT2D eigenvalue weighted by atomic mass is 79.9. The molecule has 94 valence electrons. The van der Waals surface area contributed by atoms with Gasteiger partial charge in [-0.05, 0) is 42.3 Å². The van der Waals surface area contributed by atoms with E-state index in [-0.39, 0.29) is 11.1 Å². The van der Waals surface area contributed by atoms with E-state index in [0.717, 1.165) is 10.5 Å². The van der Waals surface area contributed by atoms with Crippen molar-refractivity contribution in [2.24, 2.45) is 0 Å². The van der Waals surface area contributed by atoms with Gasteiger partial charge in [0.15, 0.2) is 0 Å². The van der Waals surface area contributed by atoms with E-state index in [1.54, 1.807) is 24.3 Å². The summed E-state index contributed by atoms with van der Waals surface area (Å²) in [5, 5.41) is 21.4. The van der Waals surface area contributed by atoms with Gasteiger partial charge >= 0.3 is 0 Å². The van der Waals surface area contributed by atoms with Gasteiger partial charge in [-0.1, -0.05) is 28.1 Å². The molecule has 0 saturated heterocycles. The van der Waals surface area contributed by atoms with Gasteiger partial charge in [0.2, 0.25) is 0 Å². The minimum absolute atomic E-state index is 0.0675. The number of halogens is 1. The summed E-state index contributed by atoms with van der Waals surface area (Å²) in [6.07, 6.45) is 2.07. The number of rotatable bonds is 4. The summed E-state index contributed by atoms with van der Waals surface area (Å²) in [6.45, 7) is 1.37. The third-order valence-electron chi connectivity index (χ3n) is 2.16. The molecule has 4 nitrogen and oxygen atoms in total. The summed E-state index contributed by atoms with van der Waals surface area (Å²) in [6, 6.07) is 6.88. The van der Waals surface area contributed by atoms with Crippen molar-refractivity contribution in [2.75, 3.05) is 0 Å². The van der Waals surface area contributed by atoms with E-state index in [4.69, 9.17) is 0 Å². The van der Waals surface area contributed by atoms with Gasteiger partial charge < -0.3 is 19.8 Å². The van der Waals surface area contributed by atoms with Crippen LogP contribution < -0.4 is 10.2 Å². The molecule has 0 spiro atoms. The highest BCUT2D eigenvalue weighted by Crippen LogP contribution is 2.16. The summed E-state index contributed by atoms with van der Waals surface area (Å²) in [5.41, 5.74) is 0.503. The van der Waals surface area contributed by atoms with Crippen LogP contribution in [-0.4, -0.2) is 11.9 Å². The molecule has 1 aromatic carbocycles. The van der Waals surface area contributed by atoms with Crippen molar-refractivity contribution in [3.63, 3.8) is 0 Å². The molecule has 18 heavy (non-hydrogen) atoms. The van der Waals surface area contributed by atoms with Crippen LogP contribution in [0.4, 0.5) is 0 Å². The summed E-state index contributed by atoms with van der Waals surface area (Å²) in [5.74, 6) is -2.89. The maximum atomic E-state index is 11.0. The van der Waals surface area contributed by atoms with Gasteiger partial charge in [-0.2, -0.15) is 0 Å². The second-order valence-electron chi connectivity index (χ2n) is 3.54. The molecule has 0 bridgehead atoms. The zero-order valence-corrected chi connectivity index (χ0v) is 11.1. The molecule has 0 saturated carbocycles. The molecule has 5 heteroatoms. The fourth-order valence-electron chi connectivity index (χ4n) is 1.31. The van der Waals surface area contributed by atoms with Crippen LogP contribution >= 0.6 is 15.9 Å². The lowest BCUT2D eigenvalue weighted by Crippen LogP contribution is -2.26. The molecule has 0 heterocycles. The zero-order chi connectivity index (χ0) is 13.7. The van der Waals surface area contributed by atoms with E-state index in [1.807, 2.05) is 0 Å². The highest BCUT2D eigenvalue weighted by Gasteiger charge is 2.02. The Morgan fingerprint density at radius 3 is 2.17 bits per heavy atom. The maximum Gasteiger partial charge on any atom is 0.0718 e. The first-order valence-electron chi connectivity index (χ1n) is 4.98. The molecule has 0 N–H and O–H groups in total. The fraction of sp³-hybridized carbons (Fsp3) is 0.0769. The molecule has 0 aliphatic carbocycles. The van der Waals surface area contributed by atoms with Crippen molar-refractivity contribution in [3.05, 3.63) is 51.5 Å². The number of benzene rings is 1. The Balaban J connectivity index is 3.17. The Morgan fingerprint density at radius 1 is 1.17 bits per heavy atom. The van der Waals surface area contributed by atoms with Gasteiger partial charge in [0.25, 0.3) is 0 Å². The predicted molar refractivity (Wildman–Crippen MR) is 65.9 cm³/mol. The molecule has 0 atom stereocenters. The van der Waals surface area contributed by atoms with E-state index in [9.17, 15) is 19.8 Å². The van der Waals surface area contributed by atoms with Crippen LogP contribution in [0.2, 0.25) is 0 Å². The van der Waals surface area contributed by atoms with Crippen LogP contribution in [0, 0.1) is 0 Å². The fourth-order valence-corrected chi connectivity index (χ4v) is 1.58. The Kier molecular flexibility index (Phi) is 4.85. The number of aliphatic carboxylic acids is 2. The lowest BCUT2D eigenvalue weighted by Gasteiger charge is -2.10. The van der Waals surface area contributed by atoms with Crippen LogP contribution in [0.15, 0.2) is 46.0 Å². The van der Waals surface area contributed by atoms with Gasteiger partial charge in [0.05, 0.1) is 11.9 Å². The Labute approximate surface area is 112 Å². The van der Waals surface area contributed by atoms with Crippen LogP contribution in [0.5, 0.6) is 0 Å². The van der Waals surface area contributed by atoms with E-state index < -0.39 is 11.9 Å². The summed E-state index contributed by atoms with van der Waals surface area (Å²) in [4.78, 5) is 21.4. The van der Waals surface area contributed by atoms with Gasteiger partial charge in [0, 0.05) is 10.0 Å². The predicted octanol–water partition coefficient (Wildman–Crippen LogP) is 0.279. The number of carbonyl (C=O) groups is 2. The van der Waals surface area contributed by atoms with E-state index in [1.165, 1.54) is 13.0 Å². The molecule has 0 radical (unpaired) electrons. The normalized spacial score (nSPS) is 12.3. The standard InChI is InChI=1S/C13H11BrO4/c1-8(6-12(15)16)11(13(17)18)7-9-2-4-10(14)5-3-9/h2-7H,1H3,(H,15,16)(H,17,18)/p-2/b8-6+,11-7+. The van der Waals surface area contributed by atoms with Gasteiger partial charge in [-0.3, -0.25) is 0 Å². The molecular formula is C13H9BrO4-2. The number of hydrogen-bond donors (Lipinski definition) is 0. The van der Waals surface area contributed by atoms with Crippen LogP contribution in [0.25, 0.3) is 6.08 Å². The second kappa shape index (κ2) is 6.16. The van der Waals surface area contributed by atoms with Crippen molar-refractivity contribution >= 4 is 33.9 Å². The Morgan fingerprint density at radius 2 is 1.72 bits per heavy atom.